The summed E-state index contributed by atoms with van der Waals surface area (Å²) in [6, 6.07) is 1.78. The summed E-state index contributed by atoms with van der Waals surface area (Å²) >= 11 is 1.44. The number of aliphatic hydroxyl groups is 3. The van der Waals surface area contributed by atoms with Gasteiger partial charge >= 0.3 is 0 Å². The lowest BCUT2D eigenvalue weighted by Gasteiger charge is -2.28. The van der Waals surface area contributed by atoms with Crippen molar-refractivity contribution >= 4 is 22.9 Å². The summed E-state index contributed by atoms with van der Waals surface area (Å²) in [6.45, 7) is 0.645. The van der Waals surface area contributed by atoms with E-state index in [1.54, 1.807) is 6.07 Å². The van der Waals surface area contributed by atoms with Gasteiger partial charge in [0.25, 0.3) is 0 Å². The summed E-state index contributed by atoms with van der Waals surface area (Å²) < 4.78 is 0. The van der Waals surface area contributed by atoms with Crippen molar-refractivity contribution in [3.63, 3.8) is 0 Å². The maximum atomic E-state index is 11.0. The van der Waals surface area contributed by atoms with Crippen molar-refractivity contribution < 1.29 is 20.1 Å². The van der Waals surface area contributed by atoms with E-state index >= 15 is 0 Å². The minimum absolute atomic E-state index is 0.160. The lowest BCUT2D eigenvalue weighted by molar-refractivity contribution is -0.114. The van der Waals surface area contributed by atoms with Crippen LogP contribution in [0.25, 0.3) is 0 Å². The highest BCUT2D eigenvalue weighted by Crippen LogP contribution is 2.22. The Morgan fingerprint density at radius 3 is 2.44 bits per heavy atom. The van der Waals surface area contributed by atoms with Crippen molar-refractivity contribution in [1.82, 2.24) is 5.32 Å². The van der Waals surface area contributed by atoms with Crippen LogP contribution in [0.3, 0.4) is 0 Å². The highest BCUT2D eigenvalue weighted by Gasteiger charge is 2.27. The molecular weight excluding hydrogens is 256 g/mol. The summed E-state index contributed by atoms with van der Waals surface area (Å²) in [7, 11) is 0. The minimum Gasteiger partial charge on any atom is -0.394 e. The Labute approximate surface area is 109 Å². The summed E-state index contributed by atoms with van der Waals surface area (Å²) in [5.74, 6) is -0.160. The van der Waals surface area contributed by atoms with E-state index in [4.69, 9.17) is 0 Å². The Kier molecular flexibility index (Phi) is 5.70. The van der Waals surface area contributed by atoms with Crippen molar-refractivity contribution in [2.45, 2.75) is 19.0 Å². The van der Waals surface area contributed by atoms with E-state index in [9.17, 15) is 20.1 Å². The molecule has 6 nitrogen and oxygen atoms in total. The number of rotatable bonds is 7. The van der Waals surface area contributed by atoms with Crippen LogP contribution in [0.15, 0.2) is 11.4 Å². The third-order valence-corrected chi connectivity index (χ3v) is 3.51. The lowest BCUT2D eigenvalue weighted by Crippen LogP contribution is -2.54. The normalized spacial score (nSPS) is 11.6. The number of carbonyl (C=O) groups is 1. The molecule has 102 valence electrons. The van der Waals surface area contributed by atoms with Gasteiger partial charge in [0.2, 0.25) is 5.91 Å². The molecule has 0 bridgehead atoms. The third kappa shape index (κ3) is 3.76. The van der Waals surface area contributed by atoms with Crippen LogP contribution >= 0.6 is 11.3 Å². The number of amides is 1. The van der Waals surface area contributed by atoms with Crippen LogP contribution in [0.1, 0.15) is 11.8 Å². The quantitative estimate of drug-likeness (QED) is 0.462. The van der Waals surface area contributed by atoms with Crippen molar-refractivity contribution in [2.24, 2.45) is 0 Å². The van der Waals surface area contributed by atoms with Gasteiger partial charge in [-0.05, 0) is 11.4 Å². The first-order chi connectivity index (χ1) is 8.56. The molecule has 1 amide bonds. The van der Waals surface area contributed by atoms with E-state index in [0.717, 1.165) is 4.88 Å². The van der Waals surface area contributed by atoms with Gasteiger partial charge in [-0.25, -0.2) is 0 Å². The van der Waals surface area contributed by atoms with Gasteiger partial charge in [0, 0.05) is 18.3 Å². The predicted molar refractivity (Wildman–Crippen MR) is 69.5 cm³/mol. The third-order valence-electron chi connectivity index (χ3n) is 2.59. The highest BCUT2D eigenvalue weighted by molar-refractivity contribution is 7.10. The number of anilines is 1. The maximum absolute atomic E-state index is 11.0. The smallest absolute Gasteiger partial charge is 0.221 e. The second kappa shape index (κ2) is 6.81. The minimum atomic E-state index is -1.11. The predicted octanol–water partition coefficient (Wildman–Crippen LogP) is -0.488. The first-order valence-electron chi connectivity index (χ1n) is 5.48. The average Bonchev–Trinajstić information content (AvgIpc) is 2.78. The van der Waals surface area contributed by atoms with E-state index in [-0.39, 0.29) is 25.7 Å². The standard InChI is InChI=1S/C11H18N2O4S/c1-8(17)13-9-2-3-18-10(9)4-12-11(5-14,6-15)7-16/h2-3,12,14-16H,4-7H2,1H3,(H,13,17). The zero-order valence-corrected chi connectivity index (χ0v) is 11.0. The second-order valence-corrected chi connectivity index (χ2v) is 5.05. The Hall–Kier alpha value is -0.990. The Morgan fingerprint density at radius 2 is 1.94 bits per heavy atom. The average molecular weight is 274 g/mol. The van der Waals surface area contributed by atoms with Gasteiger partial charge in [-0.15, -0.1) is 11.3 Å². The first kappa shape index (κ1) is 15.1. The fraction of sp³-hybridized carbons (Fsp3) is 0.545. The number of hydrogen-bond acceptors (Lipinski definition) is 6. The van der Waals surface area contributed by atoms with Crippen LogP contribution in [0.4, 0.5) is 5.69 Å². The van der Waals surface area contributed by atoms with Gasteiger partial charge in [0.05, 0.1) is 31.0 Å². The molecule has 1 rings (SSSR count). The van der Waals surface area contributed by atoms with Crippen molar-refractivity contribution in [1.29, 1.82) is 0 Å². The molecule has 1 aromatic heterocycles. The summed E-state index contributed by atoms with van der Waals surface area (Å²) in [6.07, 6.45) is 0. The topological polar surface area (TPSA) is 102 Å². The molecule has 1 aromatic rings. The van der Waals surface area contributed by atoms with Crippen LogP contribution in [-0.4, -0.2) is 46.6 Å². The molecule has 0 spiro atoms. The molecule has 5 N–H and O–H groups in total. The Bertz CT molecular complexity index is 382. The van der Waals surface area contributed by atoms with Crippen LogP contribution in [-0.2, 0) is 11.3 Å². The number of aliphatic hydroxyl groups excluding tert-OH is 3. The van der Waals surface area contributed by atoms with E-state index in [0.29, 0.717) is 12.2 Å². The van der Waals surface area contributed by atoms with Crippen molar-refractivity contribution in [2.75, 3.05) is 25.1 Å². The summed E-state index contributed by atoms with van der Waals surface area (Å²) in [5, 5.41) is 34.9. The molecule has 0 saturated heterocycles. The summed E-state index contributed by atoms with van der Waals surface area (Å²) in [4.78, 5) is 11.9. The van der Waals surface area contributed by atoms with Crippen LogP contribution in [0.5, 0.6) is 0 Å². The number of carbonyl (C=O) groups excluding carboxylic acids is 1. The van der Waals surface area contributed by atoms with Gasteiger partial charge in [-0.2, -0.15) is 0 Å². The van der Waals surface area contributed by atoms with Gasteiger partial charge in [0.15, 0.2) is 0 Å². The molecule has 0 aliphatic carbocycles. The zero-order valence-electron chi connectivity index (χ0n) is 10.1. The first-order valence-corrected chi connectivity index (χ1v) is 6.36. The number of nitrogens with one attached hydrogen (secondary N) is 2. The molecule has 18 heavy (non-hydrogen) atoms. The molecule has 0 aliphatic heterocycles. The van der Waals surface area contributed by atoms with E-state index in [1.807, 2.05) is 5.38 Å². The van der Waals surface area contributed by atoms with Gasteiger partial charge in [0.1, 0.15) is 0 Å². The van der Waals surface area contributed by atoms with E-state index < -0.39 is 5.54 Å². The molecule has 0 atom stereocenters. The largest absolute Gasteiger partial charge is 0.394 e. The molecule has 0 radical (unpaired) electrons. The van der Waals surface area contributed by atoms with Crippen LogP contribution in [0, 0.1) is 0 Å². The molecule has 0 aromatic carbocycles. The molecule has 7 heteroatoms. The fourth-order valence-corrected chi connectivity index (χ4v) is 2.13. The van der Waals surface area contributed by atoms with Gasteiger partial charge in [-0.1, -0.05) is 0 Å². The van der Waals surface area contributed by atoms with Crippen LogP contribution < -0.4 is 10.6 Å². The molecule has 0 fully saturated rings. The van der Waals surface area contributed by atoms with Crippen LogP contribution in [0.2, 0.25) is 0 Å². The maximum Gasteiger partial charge on any atom is 0.221 e. The molecule has 0 saturated carbocycles. The Morgan fingerprint density at radius 1 is 1.33 bits per heavy atom. The Balaban J connectivity index is 2.68. The van der Waals surface area contributed by atoms with E-state index in [1.165, 1.54) is 18.3 Å². The van der Waals surface area contributed by atoms with Crippen molar-refractivity contribution in [3.05, 3.63) is 16.3 Å². The zero-order chi connectivity index (χ0) is 13.6. The SMILES string of the molecule is CC(=O)Nc1ccsc1CNC(CO)(CO)CO. The lowest BCUT2D eigenvalue weighted by atomic mass is 10.0. The molecular formula is C11H18N2O4S. The number of thiophene rings is 1. The van der Waals surface area contributed by atoms with E-state index in [2.05, 4.69) is 10.6 Å². The van der Waals surface area contributed by atoms with Gasteiger partial charge in [-0.3, -0.25) is 4.79 Å². The fourth-order valence-electron chi connectivity index (χ4n) is 1.36. The van der Waals surface area contributed by atoms with Gasteiger partial charge < -0.3 is 26.0 Å². The number of hydrogen-bond donors (Lipinski definition) is 5. The second-order valence-electron chi connectivity index (χ2n) is 4.05. The van der Waals surface area contributed by atoms with Crippen molar-refractivity contribution in [3.8, 4) is 0 Å². The molecule has 1 heterocycles. The molecule has 0 aliphatic rings. The molecule has 0 unspecified atom stereocenters. The summed E-state index contributed by atoms with van der Waals surface area (Å²) in [5.41, 5.74) is -0.417. The monoisotopic (exact) mass is 274 g/mol. The highest BCUT2D eigenvalue weighted by atomic mass is 32.1.